The number of aliphatic carboxylic acids is 1. The largest absolute Gasteiger partial charge is 0.480 e. The Hall–Kier alpha value is -1.30. The Bertz CT molecular complexity index is 387. The molecule has 2 heterocycles. The molecule has 2 saturated heterocycles. The molecular formula is C14H24N2O4. The highest BCUT2D eigenvalue weighted by Gasteiger charge is 2.39. The van der Waals surface area contributed by atoms with Gasteiger partial charge in [0.25, 0.3) is 0 Å². The number of urea groups is 1. The van der Waals surface area contributed by atoms with Gasteiger partial charge in [-0.05, 0) is 25.2 Å². The average Bonchev–Trinajstić information content (AvgIpc) is 2.42. The average molecular weight is 284 g/mol. The van der Waals surface area contributed by atoms with E-state index in [0.29, 0.717) is 31.5 Å². The standard InChI is InChI=1S/C14H24N2O4/c1-9-6-10(2)11(3)16(7-9)14(19)15-4-5-20-8-12(15)13(17)18/h9-12H,4-8H2,1-3H3,(H,17,18). The number of ether oxygens (including phenoxy) is 1. The van der Waals surface area contributed by atoms with Crippen LogP contribution < -0.4 is 0 Å². The minimum atomic E-state index is -0.996. The van der Waals surface area contributed by atoms with Gasteiger partial charge >= 0.3 is 12.0 Å². The Morgan fingerprint density at radius 1 is 1.20 bits per heavy atom. The van der Waals surface area contributed by atoms with E-state index < -0.39 is 12.0 Å². The van der Waals surface area contributed by atoms with Crippen LogP contribution in [0.4, 0.5) is 4.79 Å². The number of rotatable bonds is 1. The molecule has 6 heteroatoms. The molecule has 0 saturated carbocycles. The van der Waals surface area contributed by atoms with Crippen molar-refractivity contribution < 1.29 is 19.4 Å². The number of nitrogens with zero attached hydrogens (tertiary/aromatic N) is 2. The third-order valence-electron chi connectivity index (χ3n) is 4.50. The van der Waals surface area contributed by atoms with Gasteiger partial charge in [0.05, 0.1) is 13.2 Å². The number of hydrogen-bond donors (Lipinski definition) is 1. The molecule has 2 fully saturated rings. The molecule has 0 aromatic rings. The summed E-state index contributed by atoms with van der Waals surface area (Å²) >= 11 is 0. The maximum atomic E-state index is 12.7. The topological polar surface area (TPSA) is 70.1 Å². The van der Waals surface area contributed by atoms with Crippen LogP contribution in [-0.4, -0.2) is 65.3 Å². The lowest BCUT2D eigenvalue weighted by Crippen LogP contribution is -2.60. The first-order chi connectivity index (χ1) is 9.41. The molecular weight excluding hydrogens is 260 g/mol. The molecule has 0 bridgehead atoms. The van der Waals surface area contributed by atoms with Crippen LogP contribution in [-0.2, 0) is 9.53 Å². The van der Waals surface area contributed by atoms with E-state index in [1.54, 1.807) is 0 Å². The zero-order valence-corrected chi connectivity index (χ0v) is 12.4. The van der Waals surface area contributed by atoms with Crippen LogP contribution in [0.1, 0.15) is 27.2 Å². The molecule has 2 aliphatic rings. The van der Waals surface area contributed by atoms with Gasteiger partial charge in [-0.15, -0.1) is 0 Å². The molecule has 0 spiro atoms. The Kier molecular flexibility index (Phi) is 4.52. The number of likely N-dealkylation sites (tertiary alicyclic amines) is 1. The number of hydrogen-bond acceptors (Lipinski definition) is 3. The highest BCUT2D eigenvalue weighted by Crippen LogP contribution is 2.28. The fourth-order valence-electron chi connectivity index (χ4n) is 3.17. The van der Waals surface area contributed by atoms with E-state index in [9.17, 15) is 14.7 Å². The van der Waals surface area contributed by atoms with E-state index in [0.717, 1.165) is 6.42 Å². The second-order valence-electron chi connectivity index (χ2n) is 6.12. The fourth-order valence-corrected chi connectivity index (χ4v) is 3.17. The van der Waals surface area contributed by atoms with Gasteiger partial charge in [0.15, 0.2) is 6.04 Å². The molecule has 0 radical (unpaired) electrons. The molecule has 4 atom stereocenters. The summed E-state index contributed by atoms with van der Waals surface area (Å²) in [5.74, 6) is -0.106. The van der Waals surface area contributed by atoms with Crippen LogP contribution in [0.2, 0.25) is 0 Å². The van der Waals surface area contributed by atoms with Gasteiger partial charge in [0, 0.05) is 19.1 Å². The van der Waals surface area contributed by atoms with Crippen LogP contribution in [0.5, 0.6) is 0 Å². The molecule has 2 aliphatic heterocycles. The Morgan fingerprint density at radius 2 is 1.90 bits per heavy atom. The van der Waals surface area contributed by atoms with Gasteiger partial charge in [-0.25, -0.2) is 9.59 Å². The number of carbonyl (C=O) groups is 2. The lowest BCUT2D eigenvalue weighted by atomic mass is 9.86. The fraction of sp³-hybridized carbons (Fsp3) is 0.857. The molecule has 1 N–H and O–H groups in total. The monoisotopic (exact) mass is 284 g/mol. The first kappa shape index (κ1) is 15.1. The summed E-state index contributed by atoms with van der Waals surface area (Å²) in [6, 6.07) is -0.876. The first-order valence-electron chi connectivity index (χ1n) is 7.29. The first-order valence-corrected chi connectivity index (χ1v) is 7.29. The summed E-state index contributed by atoms with van der Waals surface area (Å²) < 4.78 is 5.19. The third kappa shape index (κ3) is 2.90. The number of carboxylic acid groups (broad SMARTS) is 1. The number of carboxylic acids is 1. The summed E-state index contributed by atoms with van der Waals surface area (Å²) in [6.45, 7) is 7.86. The maximum Gasteiger partial charge on any atom is 0.328 e. The van der Waals surface area contributed by atoms with E-state index in [1.165, 1.54) is 4.90 Å². The van der Waals surface area contributed by atoms with E-state index in [-0.39, 0.29) is 18.7 Å². The van der Waals surface area contributed by atoms with Gasteiger partial charge in [-0.1, -0.05) is 13.8 Å². The predicted octanol–water partition coefficient (Wildman–Crippen LogP) is 1.26. The maximum absolute atomic E-state index is 12.7. The van der Waals surface area contributed by atoms with Crippen molar-refractivity contribution in [3.8, 4) is 0 Å². The summed E-state index contributed by atoms with van der Waals surface area (Å²) in [7, 11) is 0. The van der Waals surface area contributed by atoms with Crippen molar-refractivity contribution in [3.63, 3.8) is 0 Å². The molecule has 4 unspecified atom stereocenters. The second-order valence-corrected chi connectivity index (χ2v) is 6.12. The minimum Gasteiger partial charge on any atom is -0.480 e. The summed E-state index contributed by atoms with van der Waals surface area (Å²) in [6.07, 6.45) is 1.11. The number of morpholine rings is 1. The highest BCUT2D eigenvalue weighted by molar-refractivity contribution is 5.83. The molecule has 6 nitrogen and oxygen atoms in total. The van der Waals surface area contributed by atoms with Gasteiger partial charge < -0.3 is 19.6 Å². The minimum absolute atomic E-state index is 0.0778. The van der Waals surface area contributed by atoms with Crippen LogP contribution in [0.3, 0.4) is 0 Å². The molecule has 20 heavy (non-hydrogen) atoms. The molecule has 0 aromatic heterocycles. The Morgan fingerprint density at radius 3 is 2.55 bits per heavy atom. The normalized spacial score (nSPS) is 35.0. The van der Waals surface area contributed by atoms with E-state index >= 15 is 0 Å². The summed E-state index contributed by atoms with van der Waals surface area (Å²) in [5, 5.41) is 9.23. The third-order valence-corrected chi connectivity index (χ3v) is 4.50. The van der Waals surface area contributed by atoms with E-state index in [1.807, 2.05) is 11.8 Å². The number of amides is 2. The van der Waals surface area contributed by atoms with Crippen LogP contribution in [0.15, 0.2) is 0 Å². The highest BCUT2D eigenvalue weighted by atomic mass is 16.5. The van der Waals surface area contributed by atoms with Crippen molar-refractivity contribution >= 4 is 12.0 Å². The molecule has 0 aliphatic carbocycles. The van der Waals surface area contributed by atoms with Crippen LogP contribution in [0.25, 0.3) is 0 Å². The van der Waals surface area contributed by atoms with Gasteiger partial charge in [0.1, 0.15) is 0 Å². The van der Waals surface area contributed by atoms with Crippen molar-refractivity contribution in [2.45, 2.75) is 39.3 Å². The second kappa shape index (κ2) is 5.99. The van der Waals surface area contributed by atoms with E-state index in [2.05, 4.69) is 13.8 Å². The number of carbonyl (C=O) groups excluding carboxylic acids is 1. The lowest BCUT2D eigenvalue weighted by Gasteiger charge is -2.45. The van der Waals surface area contributed by atoms with Crippen molar-refractivity contribution in [1.82, 2.24) is 9.80 Å². The zero-order valence-electron chi connectivity index (χ0n) is 12.4. The predicted molar refractivity (Wildman–Crippen MR) is 73.5 cm³/mol. The molecule has 0 aromatic carbocycles. The quantitative estimate of drug-likeness (QED) is 0.787. The van der Waals surface area contributed by atoms with Gasteiger partial charge in [0.2, 0.25) is 0 Å². The van der Waals surface area contributed by atoms with Crippen molar-refractivity contribution in [2.24, 2.45) is 11.8 Å². The Labute approximate surface area is 119 Å². The van der Waals surface area contributed by atoms with Crippen LogP contribution >= 0.6 is 0 Å². The molecule has 2 amide bonds. The van der Waals surface area contributed by atoms with E-state index in [4.69, 9.17) is 4.74 Å². The summed E-state index contributed by atoms with van der Waals surface area (Å²) in [4.78, 5) is 27.3. The summed E-state index contributed by atoms with van der Waals surface area (Å²) in [5.41, 5.74) is 0. The smallest absolute Gasteiger partial charge is 0.328 e. The number of piperidine rings is 1. The van der Waals surface area contributed by atoms with Crippen LogP contribution in [0, 0.1) is 11.8 Å². The zero-order chi connectivity index (χ0) is 14.9. The van der Waals surface area contributed by atoms with Crippen molar-refractivity contribution in [1.29, 1.82) is 0 Å². The lowest BCUT2D eigenvalue weighted by molar-refractivity contribution is -0.147. The Balaban J connectivity index is 2.13. The SMILES string of the molecule is CC1CC(C)C(C)N(C(=O)N2CCOCC2C(=O)O)C1. The van der Waals surface area contributed by atoms with Gasteiger partial charge in [-0.3, -0.25) is 0 Å². The van der Waals surface area contributed by atoms with Gasteiger partial charge in [-0.2, -0.15) is 0 Å². The molecule has 114 valence electrons. The van der Waals surface area contributed by atoms with Crippen molar-refractivity contribution in [2.75, 3.05) is 26.3 Å². The van der Waals surface area contributed by atoms with Crippen molar-refractivity contribution in [3.05, 3.63) is 0 Å². The molecule has 2 rings (SSSR count).